The third kappa shape index (κ3) is 4.01. The molecule has 0 spiro atoms. The molecule has 0 aromatic heterocycles. The van der Waals surface area contributed by atoms with Crippen LogP contribution in [0, 0.1) is 24.1 Å². The first-order valence-electron chi connectivity index (χ1n) is 6.17. The van der Waals surface area contributed by atoms with Crippen molar-refractivity contribution < 1.29 is 8.60 Å². The maximum absolute atomic E-state index is 13.3. The Balaban J connectivity index is 2.09. The van der Waals surface area contributed by atoms with Gasteiger partial charge in [-0.1, -0.05) is 29.8 Å². The molecule has 0 saturated carbocycles. The Morgan fingerprint density at radius 1 is 1.15 bits per heavy atom. The first kappa shape index (κ1) is 14.4. The van der Waals surface area contributed by atoms with E-state index in [2.05, 4.69) is 0 Å². The Kier molecular flexibility index (Phi) is 4.65. The van der Waals surface area contributed by atoms with E-state index in [1.165, 1.54) is 12.1 Å². The van der Waals surface area contributed by atoms with Crippen LogP contribution in [0.3, 0.4) is 0 Å². The van der Waals surface area contributed by atoms with E-state index in [1.807, 2.05) is 37.3 Å². The van der Waals surface area contributed by atoms with E-state index in [1.54, 1.807) is 6.07 Å². The molecular formula is C16H14FNOS. The second kappa shape index (κ2) is 6.44. The van der Waals surface area contributed by atoms with E-state index < -0.39 is 16.6 Å². The summed E-state index contributed by atoms with van der Waals surface area (Å²) < 4.78 is 25.4. The van der Waals surface area contributed by atoms with E-state index in [0.717, 1.165) is 11.1 Å². The minimum atomic E-state index is -1.12. The maximum atomic E-state index is 13.3. The van der Waals surface area contributed by atoms with Crippen molar-refractivity contribution in [3.05, 3.63) is 70.5 Å². The van der Waals surface area contributed by atoms with Gasteiger partial charge in [-0.2, -0.15) is 5.26 Å². The lowest BCUT2D eigenvalue weighted by Gasteiger charge is -2.05. The van der Waals surface area contributed by atoms with Gasteiger partial charge in [-0.25, -0.2) is 4.39 Å². The Labute approximate surface area is 120 Å². The summed E-state index contributed by atoms with van der Waals surface area (Å²) in [5.41, 5.74) is 2.97. The average molecular weight is 287 g/mol. The van der Waals surface area contributed by atoms with Crippen LogP contribution in [0.5, 0.6) is 0 Å². The zero-order valence-electron chi connectivity index (χ0n) is 11.1. The van der Waals surface area contributed by atoms with Crippen LogP contribution in [0.1, 0.15) is 22.3 Å². The van der Waals surface area contributed by atoms with Gasteiger partial charge in [0.1, 0.15) is 5.82 Å². The fourth-order valence-electron chi connectivity index (χ4n) is 2.02. The standard InChI is InChI=1S/C16H14FNOS/c1-12-3-2-4-13(5-12)10-20(19)11-15-6-14(9-18)7-16(17)8-15/h2-8H,10-11H2,1H3. The molecule has 0 aliphatic rings. The predicted molar refractivity (Wildman–Crippen MR) is 77.8 cm³/mol. The molecule has 0 bridgehead atoms. The molecule has 0 radical (unpaired) electrons. The summed E-state index contributed by atoms with van der Waals surface area (Å²) in [6.07, 6.45) is 0. The third-order valence-corrected chi connectivity index (χ3v) is 4.14. The molecule has 2 nitrogen and oxygen atoms in total. The van der Waals surface area contributed by atoms with Crippen LogP contribution >= 0.6 is 0 Å². The highest BCUT2D eigenvalue weighted by atomic mass is 32.2. The lowest BCUT2D eigenvalue weighted by Crippen LogP contribution is -2.00. The van der Waals surface area contributed by atoms with Crippen LogP contribution in [-0.4, -0.2) is 4.21 Å². The largest absolute Gasteiger partial charge is 0.259 e. The predicted octanol–water partition coefficient (Wildman–Crippen LogP) is 3.45. The maximum Gasteiger partial charge on any atom is 0.124 e. The minimum Gasteiger partial charge on any atom is -0.259 e. The lowest BCUT2D eigenvalue weighted by molar-refractivity contribution is 0.625. The fourth-order valence-corrected chi connectivity index (χ4v) is 3.21. The highest BCUT2D eigenvalue weighted by Crippen LogP contribution is 2.13. The number of hydrogen-bond donors (Lipinski definition) is 0. The van der Waals surface area contributed by atoms with Gasteiger partial charge in [-0.05, 0) is 36.2 Å². The highest BCUT2D eigenvalue weighted by molar-refractivity contribution is 7.83. The molecule has 2 rings (SSSR count). The minimum absolute atomic E-state index is 0.250. The Morgan fingerprint density at radius 3 is 2.60 bits per heavy atom. The van der Waals surface area contributed by atoms with Gasteiger partial charge in [0.2, 0.25) is 0 Å². The molecule has 0 N–H and O–H groups in total. The van der Waals surface area contributed by atoms with Crippen LogP contribution in [0.2, 0.25) is 0 Å². The molecule has 2 aromatic carbocycles. The van der Waals surface area contributed by atoms with Gasteiger partial charge in [0.05, 0.1) is 11.6 Å². The molecule has 1 unspecified atom stereocenters. The van der Waals surface area contributed by atoms with Crippen molar-refractivity contribution in [1.29, 1.82) is 5.26 Å². The van der Waals surface area contributed by atoms with Crippen LogP contribution in [0.25, 0.3) is 0 Å². The highest BCUT2D eigenvalue weighted by Gasteiger charge is 2.06. The molecule has 0 aliphatic heterocycles. The third-order valence-electron chi connectivity index (χ3n) is 2.82. The Morgan fingerprint density at radius 2 is 1.90 bits per heavy atom. The molecule has 2 aromatic rings. The second-order valence-electron chi connectivity index (χ2n) is 4.68. The number of nitrogens with zero attached hydrogens (tertiary/aromatic N) is 1. The van der Waals surface area contributed by atoms with E-state index in [4.69, 9.17) is 5.26 Å². The van der Waals surface area contributed by atoms with Crippen molar-refractivity contribution in [1.82, 2.24) is 0 Å². The summed E-state index contributed by atoms with van der Waals surface area (Å²) in [6, 6.07) is 13.8. The van der Waals surface area contributed by atoms with Crippen LogP contribution < -0.4 is 0 Å². The number of rotatable bonds is 4. The summed E-state index contributed by atoms with van der Waals surface area (Å²) >= 11 is 0. The van der Waals surface area contributed by atoms with Crippen molar-refractivity contribution in [2.24, 2.45) is 0 Å². The van der Waals surface area contributed by atoms with Gasteiger partial charge in [0, 0.05) is 22.3 Å². The van der Waals surface area contributed by atoms with E-state index >= 15 is 0 Å². The van der Waals surface area contributed by atoms with Crippen molar-refractivity contribution in [2.75, 3.05) is 0 Å². The Hall–Kier alpha value is -1.99. The van der Waals surface area contributed by atoms with Gasteiger partial charge in [0.25, 0.3) is 0 Å². The average Bonchev–Trinajstić information content (AvgIpc) is 2.37. The topological polar surface area (TPSA) is 40.9 Å². The number of benzene rings is 2. The van der Waals surface area contributed by atoms with Gasteiger partial charge in [-0.15, -0.1) is 0 Å². The molecule has 20 heavy (non-hydrogen) atoms. The molecule has 0 aliphatic carbocycles. The van der Waals surface area contributed by atoms with Crippen molar-refractivity contribution in [3.63, 3.8) is 0 Å². The number of hydrogen-bond acceptors (Lipinski definition) is 2. The SMILES string of the molecule is Cc1cccc(CS(=O)Cc2cc(F)cc(C#N)c2)c1. The summed E-state index contributed by atoms with van der Waals surface area (Å²) in [5.74, 6) is 0.215. The van der Waals surface area contributed by atoms with E-state index in [-0.39, 0.29) is 11.3 Å². The summed E-state index contributed by atoms with van der Waals surface area (Å²) in [4.78, 5) is 0. The summed E-state index contributed by atoms with van der Waals surface area (Å²) in [7, 11) is -1.12. The van der Waals surface area contributed by atoms with Crippen LogP contribution in [-0.2, 0) is 22.3 Å². The lowest BCUT2D eigenvalue weighted by atomic mass is 10.1. The van der Waals surface area contributed by atoms with Gasteiger partial charge >= 0.3 is 0 Å². The number of aryl methyl sites for hydroxylation is 1. The van der Waals surface area contributed by atoms with Gasteiger partial charge in [-0.3, -0.25) is 4.21 Å². The molecule has 0 amide bonds. The van der Waals surface area contributed by atoms with Crippen molar-refractivity contribution >= 4 is 10.8 Å². The van der Waals surface area contributed by atoms with Crippen molar-refractivity contribution in [3.8, 4) is 6.07 Å². The molecule has 0 saturated heterocycles. The summed E-state index contributed by atoms with van der Waals surface area (Å²) in [5, 5.41) is 8.79. The second-order valence-corrected chi connectivity index (χ2v) is 6.13. The summed E-state index contributed by atoms with van der Waals surface area (Å²) in [6.45, 7) is 1.98. The van der Waals surface area contributed by atoms with Crippen LogP contribution in [0.15, 0.2) is 42.5 Å². The molecule has 0 fully saturated rings. The van der Waals surface area contributed by atoms with E-state index in [9.17, 15) is 8.60 Å². The quantitative estimate of drug-likeness (QED) is 0.864. The molecular weight excluding hydrogens is 273 g/mol. The van der Waals surface area contributed by atoms with Crippen LogP contribution in [0.4, 0.5) is 4.39 Å². The zero-order valence-corrected chi connectivity index (χ0v) is 11.9. The first-order chi connectivity index (χ1) is 9.56. The van der Waals surface area contributed by atoms with Crippen molar-refractivity contribution in [2.45, 2.75) is 18.4 Å². The molecule has 102 valence electrons. The fraction of sp³-hybridized carbons (Fsp3) is 0.188. The molecule has 0 heterocycles. The van der Waals surface area contributed by atoms with Gasteiger partial charge < -0.3 is 0 Å². The number of nitriles is 1. The molecule has 1 atom stereocenters. The normalized spacial score (nSPS) is 11.8. The Bertz CT molecular complexity index is 691. The molecule has 4 heteroatoms. The zero-order chi connectivity index (χ0) is 14.5. The first-order valence-corrected chi connectivity index (χ1v) is 7.66. The monoisotopic (exact) mass is 287 g/mol. The smallest absolute Gasteiger partial charge is 0.124 e. The number of halogens is 1. The van der Waals surface area contributed by atoms with E-state index in [0.29, 0.717) is 11.3 Å². The van der Waals surface area contributed by atoms with Gasteiger partial charge in [0.15, 0.2) is 0 Å².